The van der Waals surface area contributed by atoms with Crippen LogP contribution in [0, 0.1) is 26.7 Å². The van der Waals surface area contributed by atoms with E-state index < -0.39 is 0 Å². The van der Waals surface area contributed by atoms with Gasteiger partial charge in [-0.2, -0.15) is 0 Å². The van der Waals surface area contributed by atoms with Crippen molar-refractivity contribution in [3.8, 4) is 0 Å². The Morgan fingerprint density at radius 1 is 1.00 bits per heavy atom. The lowest BCUT2D eigenvalue weighted by Crippen LogP contribution is -2.40. The fourth-order valence-electron chi connectivity index (χ4n) is 3.52. The number of carbonyl (C=O) groups is 2. The molecule has 1 fully saturated rings. The third-order valence-corrected chi connectivity index (χ3v) is 5.55. The van der Waals surface area contributed by atoms with Crippen LogP contribution in [-0.2, 0) is 9.59 Å². The quantitative estimate of drug-likeness (QED) is 0.718. The molecule has 5 heteroatoms. The number of amides is 2. The van der Waals surface area contributed by atoms with Crippen LogP contribution in [0.25, 0.3) is 0 Å². The minimum atomic E-state index is -0.119. The third kappa shape index (κ3) is 5.91. The van der Waals surface area contributed by atoms with Gasteiger partial charge in [0, 0.05) is 5.69 Å². The first-order valence-electron chi connectivity index (χ1n) is 10.2. The number of hydrogen-bond donors (Lipinski definition) is 2. The van der Waals surface area contributed by atoms with Gasteiger partial charge in [-0.3, -0.25) is 14.5 Å². The Hall–Kier alpha value is -2.66. The predicted molar refractivity (Wildman–Crippen MR) is 117 cm³/mol. The molecule has 0 saturated heterocycles. The zero-order valence-corrected chi connectivity index (χ0v) is 17.8. The maximum Gasteiger partial charge on any atom is 0.238 e. The fraction of sp³-hybridized carbons (Fsp3) is 0.417. The Balaban J connectivity index is 1.52. The Kier molecular flexibility index (Phi) is 6.70. The number of benzene rings is 2. The number of likely N-dealkylation sites (N-methyl/N-ethyl adjacent to an activating group) is 1. The second kappa shape index (κ2) is 9.23. The van der Waals surface area contributed by atoms with E-state index in [1.165, 1.54) is 5.56 Å². The predicted octanol–water partition coefficient (Wildman–Crippen LogP) is 3.75. The van der Waals surface area contributed by atoms with E-state index in [9.17, 15) is 9.59 Å². The number of nitrogens with zero attached hydrogens (tertiary/aromatic N) is 1. The standard InChI is InChI=1S/C24H31N3O2/c1-16-8-10-19(11-9-16)24(20-12-13-20)26-23(29)15-27(4)14-22(28)25-21-7-5-6-17(2)18(21)3/h5-11,20,24H,12-15H2,1-4H3,(H,25,28)(H,26,29). The SMILES string of the molecule is Cc1ccc(C(NC(=O)CN(C)CC(=O)Nc2cccc(C)c2C)C2CC2)cc1. The molecule has 0 bridgehead atoms. The highest BCUT2D eigenvalue weighted by atomic mass is 16.2. The number of aryl methyl sites for hydroxylation is 2. The van der Waals surface area contributed by atoms with Crippen LogP contribution in [-0.4, -0.2) is 36.9 Å². The van der Waals surface area contributed by atoms with E-state index >= 15 is 0 Å². The topological polar surface area (TPSA) is 61.4 Å². The molecule has 29 heavy (non-hydrogen) atoms. The van der Waals surface area contributed by atoms with Crippen molar-refractivity contribution in [2.24, 2.45) is 5.92 Å². The van der Waals surface area contributed by atoms with E-state index in [0.29, 0.717) is 5.92 Å². The molecule has 1 unspecified atom stereocenters. The maximum atomic E-state index is 12.6. The second-order valence-electron chi connectivity index (χ2n) is 8.26. The Bertz CT molecular complexity index is 872. The molecule has 1 saturated carbocycles. The summed E-state index contributed by atoms with van der Waals surface area (Å²) in [5, 5.41) is 6.12. The minimum absolute atomic E-state index is 0.0514. The second-order valence-corrected chi connectivity index (χ2v) is 8.26. The summed E-state index contributed by atoms with van der Waals surface area (Å²) in [6, 6.07) is 14.3. The highest BCUT2D eigenvalue weighted by Crippen LogP contribution is 2.41. The van der Waals surface area contributed by atoms with Crippen LogP contribution in [0.3, 0.4) is 0 Å². The van der Waals surface area contributed by atoms with Crippen LogP contribution in [0.15, 0.2) is 42.5 Å². The molecule has 2 N–H and O–H groups in total. The Labute approximate surface area is 173 Å². The molecule has 5 nitrogen and oxygen atoms in total. The van der Waals surface area contributed by atoms with Crippen molar-refractivity contribution in [2.45, 2.75) is 39.7 Å². The van der Waals surface area contributed by atoms with Crippen molar-refractivity contribution < 1.29 is 9.59 Å². The molecule has 0 aromatic heterocycles. The number of anilines is 1. The van der Waals surface area contributed by atoms with Gasteiger partial charge in [-0.15, -0.1) is 0 Å². The maximum absolute atomic E-state index is 12.6. The van der Waals surface area contributed by atoms with E-state index in [1.54, 1.807) is 11.9 Å². The lowest BCUT2D eigenvalue weighted by Gasteiger charge is -2.22. The van der Waals surface area contributed by atoms with Crippen LogP contribution in [0.5, 0.6) is 0 Å². The van der Waals surface area contributed by atoms with E-state index in [-0.39, 0.29) is 30.9 Å². The van der Waals surface area contributed by atoms with E-state index in [1.807, 2.05) is 32.0 Å². The van der Waals surface area contributed by atoms with Gasteiger partial charge < -0.3 is 10.6 Å². The lowest BCUT2D eigenvalue weighted by molar-refractivity contribution is -0.123. The lowest BCUT2D eigenvalue weighted by atomic mass is 10.0. The normalized spacial score (nSPS) is 14.5. The van der Waals surface area contributed by atoms with Crippen LogP contribution in [0.4, 0.5) is 5.69 Å². The molecule has 3 rings (SSSR count). The van der Waals surface area contributed by atoms with Crippen molar-refractivity contribution in [1.29, 1.82) is 0 Å². The van der Waals surface area contributed by atoms with Crippen molar-refractivity contribution in [3.63, 3.8) is 0 Å². The summed E-state index contributed by atoms with van der Waals surface area (Å²) in [5.41, 5.74) is 5.39. The monoisotopic (exact) mass is 393 g/mol. The average molecular weight is 394 g/mol. The Morgan fingerprint density at radius 3 is 2.31 bits per heavy atom. The molecule has 2 aromatic rings. The largest absolute Gasteiger partial charge is 0.348 e. The van der Waals surface area contributed by atoms with E-state index in [4.69, 9.17) is 0 Å². The van der Waals surface area contributed by atoms with Gasteiger partial charge in [0.15, 0.2) is 0 Å². The van der Waals surface area contributed by atoms with Gasteiger partial charge in [0.2, 0.25) is 11.8 Å². The number of nitrogens with one attached hydrogen (secondary N) is 2. The van der Waals surface area contributed by atoms with Crippen molar-refractivity contribution in [2.75, 3.05) is 25.5 Å². The minimum Gasteiger partial charge on any atom is -0.348 e. The molecule has 1 aliphatic rings. The molecule has 2 aromatic carbocycles. The molecule has 1 atom stereocenters. The van der Waals surface area contributed by atoms with Gasteiger partial charge in [-0.25, -0.2) is 0 Å². The summed E-state index contributed by atoms with van der Waals surface area (Å²) in [4.78, 5) is 26.7. The molecule has 154 valence electrons. The first-order chi connectivity index (χ1) is 13.8. The first-order valence-corrected chi connectivity index (χ1v) is 10.2. The van der Waals surface area contributed by atoms with Crippen LogP contribution in [0.2, 0.25) is 0 Å². The zero-order valence-electron chi connectivity index (χ0n) is 17.8. The fourth-order valence-corrected chi connectivity index (χ4v) is 3.52. The van der Waals surface area contributed by atoms with Crippen molar-refractivity contribution in [1.82, 2.24) is 10.2 Å². The van der Waals surface area contributed by atoms with Crippen LogP contribution in [0.1, 0.15) is 41.1 Å². The molecule has 0 aliphatic heterocycles. The van der Waals surface area contributed by atoms with Crippen LogP contribution < -0.4 is 10.6 Å². The molecule has 2 amide bonds. The highest BCUT2D eigenvalue weighted by Gasteiger charge is 2.33. The number of hydrogen-bond acceptors (Lipinski definition) is 3. The summed E-state index contributed by atoms with van der Waals surface area (Å²) < 4.78 is 0. The van der Waals surface area contributed by atoms with E-state index in [0.717, 1.165) is 35.2 Å². The summed E-state index contributed by atoms with van der Waals surface area (Å²) >= 11 is 0. The molecular weight excluding hydrogens is 362 g/mol. The summed E-state index contributed by atoms with van der Waals surface area (Å²) in [6.07, 6.45) is 2.29. The summed E-state index contributed by atoms with van der Waals surface area (Å²) in [6.45, 7) is 6.43. The highest BCUT2D eigenvalue weighted by molar-refractivity contribution is 5.93. The summed E-state index contributed by atoms with van der Waals surface area (Å²) in [7, 11) is 1.79. The molecule has 0 radical (unpaired) electrons. The number of rotatable bonds is 8. The molecule has 1 aliphatic carbocycles. The van der Waals surface area contributed by atoms with Gasteiger partial charge in [0.05, 0.1) is 19.1 Å². The number of carbonyl (C=O) groups excluding carboxylic acids is 2. The van der Waals surface area contributed by atoms with Crippen molar-refractivity contribution in [3.05, 3.63) is 64.7 Å². The van der Waals surface area contributed by atoms with E-state index in [2.05, 4.69) is 41.8 Å². The van der Waals surface area contributed by atoms with Gasteiger partial charge in [0.25, 0.3) is 0 Å². The molecule has 0 spiro atoms. The zero-order chi connectivity index (χ0) is 21.0. The van der Waals surface area contributed by atoms with Gasteiger partial charge in [-0.05, 0) is 69.3 Å². The van der Waals surface area contributed by atoms with Gasteiger partial charge in [0.1, 0.15) is 0 Å². The molecule has 0 heterocycles. The van der Waals surface area contributed by atoms with Gasteiger partial charge in [-0.1, -0.05) is 42.0 Å². The van der Waals surface area contributed by atoms with Crippen molar-refractivity contribution >= 4 is 17.5 Å². The van der Waals surface area contributed by atoms with Gasteiger partial charge >= 0.3 is 0 Å². The Morgan fingerprint density at radius 2 is 1.66 bits per heavy atom. The smallest absolute Gasteiger partial charge is 0.238 e. The van der Waals surface area contributed by atoms with Crippen LogP contribution >= 0.6 is 0 Å². The molecular formula is C24H31N3O2. The average Bonchev–Trinajstić information content (AvgIpc) is 3.49. The summed E-state index contributed by atoms with van der Waals surface area (Å²) in [5.74, 6) is 0.343. The third-order valence-electron chi connectivity index (χ3n) is 5.55. The first kappa shape index (κ1) is 21.1.